The van der Waals surface area contributed by atoms with Gasteiger partial charge in [-0.25, -0.2) is 4.98 Å². The van der Waals surface area contributed by atoms with Crippen LogP contribution < -0.4 is 0 Å². The normalized spacial score (nSPS) is 45.8. The Hall–Kier alpha value is -0.830. The summed E-state index contributed by atoms with van der Waals surface area (Å²) in [6, 6.07) is 0.681. The van der Waals surface area contributed by atoms with Crippen molar-refractivity contribution in [1.29, 1.82) is 0 Å². The van der Waals surface area contributed by atoms with Crippen molar-refractivity contribution in [2.45, 2.75) is 31.9 Å². The molecule has 4 atom stereocenters. The van der Waals surface area contributed by atoms with Gasteiger partial charge < -0.3 is 9.67 Å². The molecule has 3 aliphatic carbocycles. The molecule has 3 saturated carbocycles. The molecule has 0 aromatic carbocycles. The van der Waals surface area contributed by atoms with Gasteiger partial charge in [-0.15, -0.1) is 0 Å². The number of fused-ring (bicyclic) bond motifs is 5. The number of aliphatic hydroxyl groups is 1. The maximum atomic E-state index is 9.23. The first-order valence-corrected chi connectivity index (χ1v) is 6.01. The molecule has 3 heteroatoms. The van der Waals surface area contributed by atoms with Crippen LogP contribution in [0.25, 0.3) is 0 Å². The van der Waals surface area contributed by atoms with Crippen LogP contribution in [0.3, 0.4) is 0 Å². The Balaban J connectivity index is 1.67. The Bertz CT molecular complexity index is 384. The lowest BCUT2D eigenvalue weighted by Gasteiger charge is -2.11. The summed E-state index contributed by atoms with van der Waals surface area (Å²) in [5, 5.41) is 9.23. The molecule has 1 aromatic heterocycles. The minimum Gasteiger partial charge on any atom is -0.390 e. The topological polar surface area (TPSA) is 38.1 Å². The third-order valence-corrected chi connectivity index (χ3v) is 4.92. The van der Waals surface area contributed by atoms with Crippen molar-refractivity contribution in [3.8, 4) is 0 Å². The summed E-state index contributed by atoms with van der Waals surface area (Å²) >= 11 is 0. The van der Waals surface area contributed by atoms with E-state index in [-0.39, 0.29) is 6.61 Å². The van der Waals surface area contributed by atoms with Crippen molar-refractivity contribution in [2.24, 2.45) is 23.7 Å². The lowest BCUT2D eigenvalue weighted by atomic mass is 10.0. The van der Waals surface area contributed by atoms with Crippen LogP contribution in [0, 0.1) is 23.7 Å². The standard InChI is InChI=1S/C12H16N2O/c15-5-9-4-13-6-14(9)12-10-7-1-2-8(3-7)11(10)12/h4,6-8,10-12,15H,1-3,5H2. The van der Waals surface area contributed by atoms with Gasteiger partial charge in [0, 0.05) is 6.04 Å². The van der Waals surface area contributed by atoms with Crippen LogP contribution in [0.1, 0.15) is 31.0 Å². The molecule has 1 heterocycles. The first-order valence-electron chi connectivity index (χ1n) is 6.01. The highest BCUT2D eigenvalue weighted by Crippen LogP contribution is 2.71. The van der Waals surface area contributed by atoms with Crippen LogP contribution in [0.15, 0.2) is 12.5 Å². The van der Waals surface area contributed by atoms with Gasteiger partial charge in [-0.2, -0.15) is 0 Å². The summed E-state index contributed by atoms with van der Waals surface area (Å²) in [5.41, 5.74) is 0.994. The van der Waals surface area contributed by atoms with Gasteiger partial charge in [-0.3, -0.25) is 0 Å². The van der Waals surface area contributed by atoms with E-state index in [1.54, 1.807) is 6.20 Å². The number of aliphatic hydroxyl groups excluding tert-OH is 1. The second-order valence-electron chi connectivity index (χ2n) is 5.43. The minimum atomic E-state index is 0.130. The third kappa shape index (κ3) is 0.924. The summed E-state index contributed by atoms with van der Waals surface area (Å²) in [6.45, 7) is 0.130. The third-order valence-electron chi connectivity index (χ3n) is 4.92. The summed E-state index contributed by atoms with van der Waals surface area (Å²) in [7, 11) is 0. The van der Waals surface area contributed by atoms with Crippen molar-refractivity contribution < 1.29 is 5.11 Å². The molecule has 1 aromatic rings. The largest absolute Gasteiger partial charge is 0.390 e. The minimum absolute atomic E-state index is 0.130. The van der Waals surface area contributed by atoms with E-state index in [0.29, 0.717) is 6.04 Å². The predicted octanol–water partition coefficient (Wildman–Crippen LogP) is 1.59. The molecule has 15 heavy (non-hydrogen) atoms. The van der Waals surface area contributed by atoms with E-state index in [2.05, 4.69) is 9.55 Å². The summed E-state index contributed by atoms with van der Waals surface area (Å²) in [6.07, 6.45) is 8.09. The van der Waals surface area contributed by atoms with Gasteiger partial charge in [-0.05, 0) is 42.9 Å². The molecule has 3 aliphatic rings. The number of nitrogens with zero attached hydrogens (tertiary/aromatic N) is 2. The van der Waals surface area contributed by atoms with Gasteiger partial charge in [0.05, 0.1) is 24.8 Å². The Morgan fingerprint density at radius 1 is 1.33 bits per heavy atom. The Labute approximate surface area is 89.1 Å². The monoisotopic (exact) mass is 204 g/mol. The smallest absolute Gasteiger partial charge is 0.0951 e. The maximum absolute atomic E-state index is 9.23. The lowest BCUT2D eigenvalue weighted by Crippen LogP contribution is -2.07. The Kier molecular flexibility index (Phi) is 1.47. The average Bonchev–Trinajstić information content (AvgIpc) is 2.72. The van der Waals surface area contributed by atoms with Crippen molar-refractivity contribution >= 4 is 0 Å². The van der Waals surface area contributed by atoms with Crippen molar-refractivity contribution in [3.63, 3.8) is 0 Å². The zero-order valence-electron chi connectivity index (χ0n) is 8.71. The summed E-state index contributed by atoms with van der Waals surface area (Å²) < 4.78 is 2.24. The molecule has 0 aliphatic heterocycles. The molecule has 2 bridgehead atoms. The molecule has 3 fully saturated rings. The van der Waals surface area contributed by atoms with E-state index < -0.39 is 0 Å². The zero-order chi connectivity index (χ0) is 9.99. The van der Waals surface area contributed by atoms with E-state index in [4.69, 9.17) is 0 Å². The fourth-order valence-corrected chi connectivity index (χ4v) is 4.37. The molecule has 80 valence electrons. The van der Waals surface area contributed by atoms with Crippen LogP contribution in [0.4, 0.5) is 0 Å². The number of hydrogen-bond acceptors (Lipinski definition) is 2. The van der Waals surface area contributed by atoms with Gasteiger partial charge in [0.25, 0.3) is 0 Å². The average molecular weight is 204 g/mol. The van der Waals surface area contributed by atoms with Crippen LogP contribution >= 0.6 is 0 Å². The number of aromatic nitrogens is 2. The second kappa shape index (κ2) is 2.64. The van der Waals surface area contributed by atoms with Crippen molar-refractivity contribution in [1.82, 2.24) is 9.55 Å². The fraction of sp³-hybridized carbons (Fsp3) is 0.750. The van der Waals surface area contributed by atoms with Gasteiger partial charge in [0.1, 0.15) is 0 Å². The SMILES string of the molecule is OCc1cncn1C1C2C3CCC(C3)C21. The number of imidazole rings is 1. The van der Waals surface area contributed by atoms with Crippen molar-refractivity contribution in [2.75, 3.05) is 0 Å². The quantitative estimate of drug-likeness (QED) is 0.794. The molecule has 4 unspecified atom stereocenters. The van der Waals surface area contributed by atoms with E-state index in [1.807, 2.05) is 6.33 Å². The molecule has 4 rings (SSSR count). The van der Waals surface area contributed by atoms with E-state index >= 15 is 0 Å². The Morgan fingerprint density at radius 3 is 2.73 bits per heavy atom. The lowest BCUT2D eigenvalue weighted by molar-refractivity contribution is 0.267. The number of rotatable bonds is 2. The molecule has 0 radical (unpaired) electrons. The van der Waals surface area contributed by atoms with Crippen LogP contribution in [0.2, 0.25) is 0 Å². The predicted molar refractivity (Wildman–Crippen MR) is 55.0 cm³/mol. The molecule has 0 spiro atoms. The Morgan fingerprint density at radius 2 is 2.07 bits per heavy atom. The number of hydrogen-bond donors (Lipinski definition) is 1. The van der Waals surface area contributed by atoms with E-state index in [1.165, 1.54) is 19.3 Å². The first-order chi connectivity index (χ1) is 7.40. The molecular weight excluding hydrogens is 188 g/mol. The fourth-order valence-electron chi connectivity index (χ4n) is 4.37. The van der Waals surface area contributed by atoms with Crippen LogP contribution in [0.5, 0.6) is 0 Å². The van der Waals surface area contributed by atoms with Gasteiger partial charge in [0.15, 0.2) is 0 Å². The molecule has 3 nitrogen and oxygen atoms in total. The highest BCUT2D eigenvalue weighted by molar-refractivity contribution is 5.18. The highest BCUT2D eigenvalue weighted by Gasteiger charge is 2.65. The highest BCUT2D eigenvalue weighted by atomic mass is 16.3. The van der Waals surface area contributed by atoms with Crippen LogP contribution in [-0.4, -0.2) is 14.7 Å². The van der Waals surface area contributed by atoms with E-state index in [9.17, 15) is 5.11 Å². The molecule has 1 N–H and O–H groups in total. The second-order valence-corrected chi connectivity index (χ2v) is 5.43. The van der Waals surface area contributed by atoms with Gasteiger partial charge in [0.2, 0.25) is 0 Å². The zero-order valence-corrected chi connectivity index (χ0v) is 8.71. The molecule has 0 saturated heterocycles. The maximum Gasteiger partial charge on any atom is 0.0951 e. The first kappa shape index (κ1) is 8.34. The van der Waals surface area contributed by atoms with Gasteiger partial charge >= 0.3 is 0 Å². The van der Waals surface area contributed by atoms with E-state index in [0.717, 1.165) is 29.4 Å². The summed E-state index contributed by atoms with van der Waals surface area (Å²) in [5.74, 6) is 3.81. The summed E-state index contributed by atoms with van der Waals surface area (Å²) in [4.78, 5) is 4.15. The van der Waals surface area contributed by atoms with Gasteiger partial charge in [-0.1, -0.05) is 0 Å². The molecule has 0 amide bonds. The van der Waals surface area contributed by atoms with Crippen molar-refractivity contribution in [3.05, 3.63) is 18.2 Å². The van der Waals surface area contributed by atoms with Crippen LogP contribution in [-0.2, 0) is 6.61 Å². The molecular formula is C12H16N2O.